The van der Waals surface area contributed by atoms with Gasteiger partial charge in [0, 0.05) is 11.1 Å². The first-order chi connectivity index (χ1) is 8.50. The molecule has 1 aromatic heterocycles. The second-order valence-electron chi connectivity index (χ2n) is 4.55. The molecule has 0 fully saturated rings. The van der Waals surface area contributed by atoms with Crippen molar-refractivity contribution in [3.05, 3.63) is 46.5 Å². The summed E-state index contributed by atoms with van der Waals surface area (Å²) in [5, 5.41) is 1.25. The third kappa shape index (κ3) is 2.53. The molecule has 0 aliphatic heterocycles. The standard InChI is InChI=1S/C13H15Cl2N3/c1-8(2)13(16)12-6-17-7-18(12)11-5-9(14)3-4-10(11)15/h3-8,13H,16H2,1-2H3. The number of rotatable bonds is 3. The largest absolute Gasteiger partial charge is 0.322 e. The van der Waals surface area contributed by atoms with Gasteiger partial charge < -0.3 is 10.3 Å². The number of hydrogen-bond donors (Lipinski definition) is 1. The minimum atomic E-state index is -0.0949. The zero-order valence-corrected chi connectivity index (χ0v) is 11.8. The molecule has 0 saturated carbocycles. The summed E-state index contributed by atoms with van der Waals surface area (Å²) in [4.78, 5) is 4.15. The summed E-state index contributed by atoms with van der Waals surface area (Å²) in [7, 11) is 0. The maximum absolute atomic E-state index is 6.20. The number of nitrogens with two attached hydrogens (primary N) is 1. The Bertz CT molecular complexity index is 549. The summed E-state index contributed by atoms with van der Waals surface area (Å²) in [5.41, 5.74) is 7.90. The fourth-order valence-electron chi connectivity index (χ4n) is 1.77. The van der Waals surface area contributed by atoms with Gasteiger partial charge in [0.05, 0.1) is 28.9 Å². The molecule has 18 heavy (non-hydrogen) atoms. The van der Waals surface area contributed by atoms with Crippen molar-refractivity contribution < 1.29 is 0 Å². The molecule has 3 nitrogen and oxygen atoms in total. The Kier molecular flexibility index (Phi) is 3.95. The smallest absolute Gasteiger partial charge is 0.0995 e. The summed E-state index contributed by atoms with van der Waals surface area (Å²) in [5.74, 6) is 0.318. The van der Waals surface area contributed by atoms with Crippen LogP contribution < -0.4 is 5.73 Å². The van der Waals surface area contributed by atoms with Crippen molar-refractivity contribution >= 4 is 23.2 Å². The average Bonchev–Trinajstić information content (AvgIpc) is 2.80. The second-order valence-corrected chi connectivity index (χ2v) is 5.40. The number of hydrogen-bond acceptors (Lipinski definition) is 2. The number of imidazole rings is 1. The Balaban J connectivity index is 2.52. The normalized spacial score (nSPS) is 13.0. The van der Waals surface area contributed by atoms with Crippen LogP contribution in [0.4, 0.5) is 0 Å². The molecule has 0 spiro atoms. The van der Waals surface area contributed by atoms with Crippen LogP contribution >= 0.6 is 23.2 Å². The van der Waals surface area contributed by atoms with Crippen molar-refractivity contribution in [2.75, 3.05) is 0 Å². The highest BCUT2D eigenvalue weighted by atomic mass is 35.5. The minimum Gasteiger partial charge on any atom is -0.322 e. The van der Waals surface area contributed by atoms with Crippen molar-refractivity contribution in [2.24, 2.45) is 11.7 Å². The van der Waals surface area contributed by atoms with Gasteiger partial charge in [0.1, 0.15) is 0 Å². The summed E-state index contributed by atoms with van der Waals surface area (Å²) >= 11 is 12.2. The molecule has 0 amide bonds. The highest BCUT2D eigenvalue weighted by Crippen LogP contribution is 2.28. The monoisotopic (exact) mass is 283 g/mol. The lowest BCUT2D eigenvalue weighted by molar-refractivity contribution is 0.497. The van der Waals surface area contributed by atoms with Gasteiger partial charge in [0.25, 0.3) is 0 Å². The Morgan fingerprint density at radius 2 is 2.00 bits per heavy atom. The van der Waals surface area contributed by atoms with E-state index in [2.05, 4.69) is 18.8 Å². The highest BCUT2D eigenvalue weighted by molar-refractivity contribution is 6.34. The van der Waals surface area contributed by atoms with Crippen LogP contribution in [0.5, 0.6) is 0 Å². The van der Waals surface area contributed by atoms with Gasteiger partial charge in [-0.25, -0.2) is 4.98 Å². The van der Waals surface area contributed by atoms with E-state index < -0.39 is 0 Å². The van der Waals surface area contributed by atoms with Gasteiger partial charge >= 0.3 is 0 Å². The van der Waals surface area contributed by atoms with Crippen LogP contribution in [0.3, 0.4) is 0 Å². The van der Waals surface area contributed by atoms with E-state index in [4.69, 9.17) is 28.9 Å². The molecule has 1 heterocycles. The lowest BCUT2D eigenvalue weighted by atomic mass is 10.0. The van der Waals surface area contributed by atoms with Crippen LogP contribution in [0.15, 0.2) is 30.7 Å². The number of benzene rings is 1. The topological polar surface area (TPSA) is 43.8 Å². The first-order valence-corrected chi connectivity index (χ1v) is 6.49. The van der Waals surface area contributed by atoms with Gasteiger partial charge in [-0.1, -0.05) is 37.0 Å². The average molecular weight is 284 g/mol. The highest BCUT2D eigenvalue weighted by Gasteiger charge is 2.17. The SMILES string of the molecule is CC(C)C(N)c1cncn1-c1cc(Cl)ccc1Cl. The van der Waals surface area contributed by atoms with Crippen molar-refractivity contribution in [3.8, 4) is 5.69 Å². The van der Waals surface area contributed by atoms with Gasteiger partial charge in [-0.2, -0.15) is 0 Å². The fraction of sp³-hybridized carbons (Fsp3) is 0.308. The van der Waals surface area contributed by atoms with E-state index in [0.29, 0.717) is 16.0 Å². The third-order valence-electron chi connectivity index (χ3n) is 2.89. The van der Waals surface area contributed by atoms with Gasteiger partial charge in [-0.3, -0.25) is 0 Å². The van der Waals surface area contributed by atoms with E-state index in [1.165, 1.54) is 0 Å². The predicted octanol–water partition coefficient (Wildman–Crippen LogP) is 3.83. The number of aromatic nitrogens is 2. The molecule has 2 rings (SSSR count). The van der Waals surface area contributed by atoms with Gasteiger partial charge in [0.2, 0.25) is 0 Å². The first kappa shape index (κ1) is 13.4. The summed E-state index contributed by atoms with van der Waals surface area (Å²) < 4.78 is 1.89. The van der Waals surface area contributed by atoms with Crippen molar-refractivity contribution in [3.63, 3.8) is 0 Å². The zero-order chi connectivity index (χ0) is 13.3. The summed E-state index contributed by atoms with van der Waals surface area (Å²) in [6, 6.07) is 5.24. The van der Waals surface area contributed by atoms with E-state index >= 15 is 0 Å². The molecular weight excluding hydrogens is 269 g/mol. The van der Waals surface area contributed by atoms with E-state index in [1.807, 2.05) is 10.6 Å². The van der Waals surface area contributed by atoms with E-state index in [1.54, 1.807) is 24.7 Å². The van der Waals surface area contributed by atoms with E-state index in [-0.39, 0.29) is 6.04 Å². The van der Waals surface area contributed by atoms with E-state index in [0.717, 1.165) is 11.4 Å². The molecule has 1 unspecified atom stereocenters. The molecule has 0 radical (unpaired) electrons. The molecule has 0 aliphatic carbocycles. The van der Waals surface area contributed by atoms with E-state index in [9.17, 15) is 0 Å². The molecule has 96 valence electrons. The molecule has 0 aliphatic rings. The maximum atomic E-state index is 6.20. The molecule has 1 aromatic carbocycles. The van der Waals surface area contributed by atoms with Crippen LogP contribution in [0.2, 0.25) is 10.0 Å². The molecule has 0 bridgehead atoms. The Hall–Kier alpha value is -1.03. The molecule has 5 heteroatoms. The lowest BCUT2D eigenvalue weighted by Gasteiger charge is -2.18. The van der Waals surface area contributed by atoms with Crippen molar-refractivity contribution in [1.29, 1.82) is 0 Å². The second kappa shape index (κ2) is 5.31. The Morgan fingerprint density at radius 3 is 2.67 bits per heavy atom. The predicted molar refractivity (Wildman–Crippen MR) is 75.4 cm³/mol. The zero-order valence-electron chi connectivity index (χ0n) is 10.3. The molecule has 1 atom stereocenters. The van der Waals surface area contributed by atoms with Crippen LogP contribution in [-0.4, -0.2) is 9.55 Å². The molecule has 2 aromatic rings. The minimum absolute atomic E-state index is 0.0949. The van der Waals surface area contributed by atoms with Gasteiger partial charge in [-0.05, 0) is 24.1 Å². The Morgan fingerprint density at radius 1 is 1.28 bits per heavy atom. The van der Waals surface area contributed by atoms with Gasteiger partial charge in [0.15, 0.2) is 0 Å². The van der Waals surface area contributed by atoms with Crippen molar-refractivity contribution in [2.45, 2.75) is 19.9 Å². The van der Waals surface area contributed by atoms with Crippen LogP contribution in [0.25, 0.3) is 5.69 Å². The molecular formula is C13H15Cl2N3. The molecule has 0 saturated heterocycles. The van der Waals surface area contributed by atoms with Gasteiger partial charge in [-0.15, -0.1) is 0 Å². The number of halogens is 2. The van der Waals surface area contributed by atoms with Crippen LogP contribution in [0, 0.1) is 5.92 Å². The van der Waals surface area contributed by atoms with Crippen molar-refractivity contribution in [1.82, 2.24) is 9.55 Å². The number of nitrogens with zero attached hydrogens (tertiary/aromatic N) is 2. The maximum Gasteiger partial charge on any atom is 0.0995 e. The summed E-state index contributed by atoms with van der Waals surface area (Å²) in [6.07, 6.45) is 3.47. The Labute approximate surface area is 117 Å². The quantitative estimate of drug-likeness (QED) is 0.930. The fourth-order valence-corrected chi connectivity index (χ4v) is 2.14. The third-order valence-corrected chi connectivity index (χ3v) is 3.45. The molecule has 2 N–H and O–H groups in total. The summed E-state index contributed by atoms with van der Waals surface area (Å²) in [6.45, 7) is 4.14. The lowest BCUT2D eigenvalue weighted by Crippen LogP contribution is -2.20. The first-order valence-electron chi connectivity index (χ1n) is 5.74. The van der Waals surface area contributed by atoms with Crippen LogP contribution in [-0.2, 0) is 0 Å². The van der Waals surface area contributed by atoms with Crippen LogP contribution in [0.1, 0.15) is 25.6 Å².